The second-order valence-electron chi connectivity index (χ2n) is 3.48. The van der Waals surface area contributed by atoms with E-state index in [0.29, 0.717) is 13.0 Å². The summed E-state index contributed by atoms with van der Waals surface area (Å²) in [6.07, 6.45) is 0.631. The molecule has 84 valence electrons. The Bertz CT molecular complexity index is 330. The fourth-order valence-electron chi connectivity index (χ4n) is 1.17. The highest BCUT2D eigenvalue weighted by atomic mass is 32.1. The van der Waals surface area contributed by atoms with Crippen molar-refractivity contribution < 1.29 is 9.90 Å². The molecule has 0 aromatic carbocycles. The number of nitrogens with one attached hydrogen (secondary N) is 1. The summed E-state index contributed by atoms with van der Waals surface area (Å²) in [5.41, 5.74) is 1.01. The van der Waals surface area contributed by atoms with E-state index in [-0.39, 0.29) is 5.92 Å². The molecule has 0 aliphatic heterocycles. The maximum absolute atomic E-state index is 10.8. The highest BCUT2D eigenvalue weighted by molar-refractivity contribution is 7.15. The van der Waals surface area contributed by atoms with Gasteiger partial charge in [-0.15, -0.1) is 11.3 Å². The van der Waals surface area contributed by atoms with Crippen molar-refractivity contribution in [1.29, 1.82) is 0 Å². The van der Waals surface area contributed by atoms with E-state index in [0.717, 1.165) is 10.8 Å². The molecule has 0 aliphatic rings. The van der Waals surface area contributed by atoms with Crippen LogP contribution in [0.15, 0.2) is 0 Å². The Hall–Kier alpha value is -1.10. The molecule has 1 heterocycles. The maximum Gasteiger partial charge on any atom is 0.308 e. The van der Waals surface area contributed by atoms with Crippen LogP contribution in [0.3, 0.4) is 0 Å². The van der Waals surface area contributed by atoms with E-state index in [1.807, 2.05) is 20.8 Å². The first-order chi connectivity index (χ1) is 7.04. The highest BCUT2D eigenvalue weighted by Gasteiger charge is 2.15. The summed E-state index contributed by atoms with van der Waals surface area (Å²) in [5, 5.41) is 12.7. The summed E-state index contributed by atoms with van der Waals surface area (Å²) in [7, 11) is 0. The average molecular weight is 228 g/mol. The lowest BCUT2D eigenvalue weighted by atomic mass is 10.1. The summed E-state index contributed by atoms with van der Waals surface area (Å²) in [6.45, 7) is 6.27. The quantitative estimate of drug-likeness (QED) is 0.811. The number of aromatic nitrogens is 1. The van der Waals surface area contributed by atoms with Crippen LogP contribution in [0, 0.1) is 19.8 Å². The number of thiazole rings is 1. The number of carboxylic acids is 1. The molecule has 0 radical (unpaired) electrons. The van der Waals surface area contributed by atoms with Crippen molar-refractivity contribution in [2.24, 2.45) is 5.92 Å². The van der Waals surface area contributed by atoms with Gasteiger partial charge >= 0.3 is 5.97 Å². The molecule has 0 bridgehead atoms. The Balaban J connectivity index is 2.52. The highest BCUT2D eigenvalue weighted by Crippen LogP contribution is 2.21. The number of anilines is 1. The normalized spacial score (nSPS) is 12.5. The Morgan fingerprint density at radius 3 is 2.67 bits per heavy atom. The Kier molecular flexibility index (Phi) is 4.08. The standard InChI is InChI=1S/C10H16N2O2S/c1-4-8(9(13)14)5-11-10-12-6(2)7(3)15-10/h8H,4-5H2,1-3H3,(H,11,12)(H,13,14). The first-order valence-corrected chi connectivity index (χ1v) is 5.77. The molecule has 4 nitrogen and oxygen atoms in total. The molecule has 2 N–H and O–H groups in total. The molecular formula is C10H16N2O2S. The van der Waals surface area contributed by atoms with Crippen LogP contribution in [-0.4, -0.2) is 22.6 Å². The van der Waals surface area contributed by atoms with E-state index < -0.39 is 5.97 Å². The van der Waals surface area contributed by atoms with Gasteiger partial charge in [0.15, 0.2) is 5.13 Å². The lowest BCUT2D eigenvalue weighted by molar-refractivity contribution is -0.141. The van der Waals surface area contributed by atoms with Crippen molar-refractivity contribution in [3.05, 3.63) is 10.6 Å². The van der Waals surface area contributed by atoms with E-state index >= 15 is 0 Å². The van der Waals surface area contributed by atoms with Crippen LogP contribution >= 0.6 is 11.3 Å². The number of hydrogen-bond acceptors (Lipinski definition) is 4. The van der Waals surface area contributed by atoms with Gasteiger partial charge in [-0.1, -0.05) is 6.92 Å². The summed E-state index contributed by atoms with van der Waals surface area (Å²) in [5.74, 6) is -1.09. The van der Waals surface area contributed by atoms with Gasteiger partial charge in [0.05, 0.1) is 11.6 Å². The fourth-order valence-corrected chi connectivity index (χ4v) is 1.99. The van der Waals surface area contributed by atoms with Crippen LogP contribution in [0.25, 0.3) is 0 Å². The summed E-state index contributed by atoms with van der Waals surface area (Å²) >= 11 is 1.56. The third kappa shape index (κ3) is 3.20. The number of rotatable bonds is 5. The zero-order valence-electron chi connectivity index (χ0n) is 9.20. The predicted octanol–water partition coefficient (Wildman–Crippen LogP) is 2.28. The van der Waals surface area contributed by atoms with E-state index in [4.69, 9.17) is 5.11 Å². The molecule has 0 aliphatic carbocycles. The first kappa shape index (κ1) is 12.0. The van der Waals surface area contributed by atoms with Gasteiger partial charge in [0, 0.05) is 11.4 Å². The van der Waals surface area contributed by atoms with Crippen LogP contribution in [0.5, 0.6) is 0 Å². The first-order valence-electron chi connectivity index (χ1n) is 4.95. The number of aryl methyl sites for hydroxylation is 2. The molecule has 0 fully saturated rings. The van der Waals surface area contributed by atoms with Crippen molar-refractivity contribution in [2.45, 2.75) is 27.2 Å². The molecular weight excluding hydrogens is 212 g/mol. The average Bonchev–Trinajstić information content (AvgIpc) is 2.47. The van der Waals surface area contributed by atoms with Crippen LogP contribution in [-0.2, 0) is 4.79 Å². The largest absolute Gasteiger partial charge is 0.481 e. The topological polar surface area (TPSA) is 62.2 Å². The molecule has 0 saturated carbocycles. The molecule has 15 heavy (non-hydrogen) atoms. The van der Waals surface area contributed by atoms with Crippen LogP contribution in [0.4, 0.5) is 5.13 Å². The van der Waals surface area contributed by atoms with E-state index in [1.54, 1.807) is 11.3 Å². The lowest BCUT2D eigenvalue weighted by Gasteiger charge is -2.09. The van der Waals surface area contributed by atoms with Crippen LogP contribution in [0.2, 0.25) is 0 Å². The summed E-state index contributed by atoms with van der Waals surface area (Å²) < 4.78 is 0. The van der Waals surface area contributed by atoms with Crippen molar-refractivity contribution in [1.82, 2.24) is 4.98 Å². The zero-order chi connectivity index (χ0) is 11.4. The van der Waals surface area contributed by atoms with Gasteiger partial charge in [-0.3, -0.25) is 4.79 Å². The second-order valence-corrected chi connectivity index (χ2v) is 4.69. The van der Waals surface area contributed by atoms with Crippen molar-refractivity contribution >= 4 is 22.4 Å². The fraction of sp³-hybridized carbons (Fsp3) is 0.600. The Labute approximate surface area is 93.4 Å². The van der Waals surface area contributed by atoms with Gasteiger partial charge in [0.1, 0.15) is 0 Å². The zero-order valence-corrected chi connectivity index (χ0v) is 10.0. The van der Waals surface area contributed by atoms with Crippen LogP contribution < -0.4 is 5.32 Å². The van der Waals surface area contributed by atoms with E-state index in [9.17, 15) is 4.79 Å². The summed E-state index contributed by atoms with van der Waals surface area (Å²) in [4.78, 5) is 16.2. The molecule has 0 saturated heterocycles. The van der Waals surface area contributed by atoms with Crippen molar-refractivity contribution in [2.75, 3.05) is 11.9 Å². The maximum atomic E-state index is 10.8. The number of nitrogens with zero attached hydrogens (tertiary/aromatic N) is 1. The number of hydrogen-bond donors (Lipinski definition) is 2. The second kappa shape index (κ2) is 5.11. The molecule has 1 aromatic rings. The molecule has 1 unspecified atom stereocenters. The Morgan fingerprint density at radius 2 is 2.27 bits per heavy atom. The lowest BCUT2D eigenvalue weighted by Crippen LogP contribution is -2.21. The van der Waals surface area contributed by atoms with Gasteiger partial charge in [0.25, 0.3) is 0 Å². The monoisotopic (exact) mass is 228 g/mol. The van der Waals surface area contributed by atoms with Gasteiger partial charge in [-0.05, 0) is 20.3 Å². The van der Waals surface area contributed by atoms with E-state index in [2.05, 4.69) is 10.3 Å². The molecule has 1 rings (SSSR count). The van der Waals surface area contributed by atoms with E-state index in [1.165, 1.54) is 4.88 Å². The Morgan fingerprint density at radius 1 is 1.60 bits per heavy atom. The number of carboxylic acid groups (broad SMARTS) is 1. The molecule has 5 heteroatoms. The minimum atomic E-state index is -0.755. The van der Waals surface area contributed by atoms with Crippen molar-refractivity contribution in [3.63, 3.8) is 0 Å². The van der Waals surface area contributed by atoms with Gasteiger partial charge in [-0.2, -0.15) is 0 Å². The van der Waals surface area contributed by atoms with Crippen LogP contribution in [0.1, 0.15) is 23.9 Å². The SMILES string of the molecule is CCC(CNc1nc(C)c(C)s1)C(=O)O. The van der Waals surface area contributed by atoms with Crippen molar-refractivity contribution in [3.8, 4) is 0 Å². The minimum absolute atomic E-state index is 0.338. The number of aliphatic carboxylic acids is 1. The molecule has 0 amide bonds. The smallest absolute Gasteiger partial charge is 0.308 e. The third-order valence-electron chi connectivity index (χ3n) is 2.37. The molecule has 0 spiro atoms. The molecule has 1 aromatic heterocycles. The number of carbonyl (C=O) groups is 1. The van der Waals surface area contributed by atoms with Gasteiger partial charge in [-0.25, -0.2) is 4.98 Å². The van der Waals surface area contributed by atoms with Gasteiger partial charge in [0.2, 0.25) is 0 Å². The minimum Gasteiger partial charge on any atom is -0.481 e. The van der Waals surface area contributed by atoms with Gasteiger partial charge < -0.3 is 10.4 Å². The third-order valence-corrected chi connectivity index (χ3v) is 3.40. The molecule has 1 atom stereocenters. The predicted molar refractivity (Wildman–Crippen MR) is 61.5 cm³/mol. The summed E-state index contributed by atoms with van der Waals surface area (Å²) in [6, 6.07) is 0.